The summed E-state index contributed by atoms with van der Waals surface area (Å²) in [5.41, 5.74) is 9.90. The first kappa shape index (κ1) is 30.3. The van der Waals surface area contributed by atoms with Gasteiger partial charge in [-0.15, -0.1) is 0 Å². The highest BCUT2D eigenvalue weighted by atomic mass is 35.5. The van der Waals surface area contributed by atoms with Gasteiger partial charge in [0.15, 0.2) is 0 Å². The van der Waals surface area contributed by atoms with Crippen molar-refractivity contribution >= 4 is 46.6 Å². The molecular formula is C31H39Cl2N7O2. The van der Waals surface area contributed by atoms with E-state index in [1.54, 1.807) is 30.3 Å². The molecule has 0 radical (unpaired) electrons. The third kappa shape index (κ3) is 6.28. The van der Waals surface area contributed by atoms with E-state index >= 15 is 0 Å². The van der Waals surface area contributed by atoms with Crippen LogP contribution < -0.4 is 22.4 Å². The number of carbonyl (C=O) groups excluding carboxylic acids is 2. The van der Waals surface area contributed by atoms with Crippen molar-refractivity contribution in [3.8, 4) is 0 Å². The van der Waals surface area contributed by atoms with Crippen LogP contribution in [-0.4, -0.2) is 40.5 Å². The predicted molar refractivity (Wildman–Crippen MR) is 167 cm³/mol. The fourth-order valence-corrected chi connectivity index (χ4v) is 6.97. The molecule has 1 heterocycles. The average molecular weight is 613 g/mol. The highest BCUT2D eigenvalue weighted by molar-refractivity contribution is 6.47. The van der Waals surface area contributed by atoms with Crippen LogP contribution >= 0.6 is 23.2 Å². The van der Waals surface area contributed by atoms with E-state index in [4.69, 9.17) is 39.8 Å². The summed E-state index contributed by atoms with van der Waals surface area (Å²) in [4.78, 5) is 34.4. The number of amidine groups is 1. The maximum absolute atomic E-state index is 14.4. The summed E-state index contributed by atoms with van der Waals surface area (Å²) in [6.07, 6.45) is 5.63. The number of hydrazone groups is 1. The fourth-order valence-electron chi connectivity index (χ4n) is 6.45. The normalized spacial score (nSPS) is 23.6. The number of hydrazine groups is 1. The van der Waals surface area contributed by atoms with E-state index in [0.29, 0.717) is 38.7 Å². The lowest BCUT2D eigenvalue weighted by atomic mass is 9.69. The van der Waals surface area contributed by atoms with Gasteiger partial charge in [0, 0.05) is 21.2 Å². The fraction of sp³-hybridized carbons (Fsp3) is 0.484. The Morgan fingerprint density at radius 1 is 1.10 bits per heavy atom. The molecule has 3 aliphatic rings. The van der Waals surface area contributed by atoms with Gasteiger partial charge in [-0.1, -0.05) is 56.1 Å². The molecule has 2 aromatic rings. The van der Waals surface area contributed by atoms with E-state index in [2.05, 4.69) is 41.6 Å². The van der Waals surface area contributed by atoms with Crippen LogP contribution in [0.25, 0.3) is 0 Å². The number of nitrogens with one attached hydrogen (secondary N) is 2. The lowest BCUT2D eigenvalue weighted by Gasteiger charge is -2.47. The first-order chi connectivity index (χ1) is 19.9. The Hall–Kier alpha value is -3.14. The number of amides is 2. The Labute approximate surface area is 257 Å². The van der Waals surface area contributed by atoms with Crippen molar-refractivity contribution in [3.05, 3.63) is 69.2 Å². The highest BCUT2D eigenvalue weighted by Gasteiger charge is 2.55. The highest BCUT2D eigenvalue weighted by Crippen LogP contribution is 2.54. The minimum absolute atomic E-state index is 0.0590. The summed E-state index contributed by atoms with van der Waals surface area (Å²) in [5, 5.41) is 7.32. The van der Waals surface area contributed by atoms with Gasteiger partial charge < -0.3 is 16.0 Å². The van der Waals surface area contributed by atoms with Crippen LogP contribution in [0, 0.1) is 17.3 Å². The first-order valence-corrected chi connectivity index (χ1v) is 15.2. The molecular weight excluding hydrogens is 573 g/mol. The number of nitrogens with zero attached hydrogens (tertiary/aromatic N) is 3. The summed E-state index contributed by atoms with van der Waals surface area (Å²) >= 11 is 12.7. The smallest absolute Gasteiger partial charge is 0.275 e. The molecule has 6 N–H and O–H groups in total. The van der Waals surface area contributed by atoms with Crippen molar-refractivity contribution in [2.24, 2.45) is 38.9 Å². The second kappa shape index (κ2) is 11.9. The number of benzene rings is 2. The third-order valence-corrected chi connectivity index (χ3v) is 9.27. The Bertz CT molecular complexity index is 1390. The van der Waals surface area contributed by atoms with Gasteiger partial charge in [-0.05, 0) is 91.7 Å². The lowest BCUT2D eigenvalue weighted by molar-refractivity contribution is -0.134. The minimum Gasteiger partial charge on any atom is -0.384 e. The van der Waals surface area contributed by atoms with E-state index < -0.39 is 5.66 Å². The molecule has 1 aliphatic heterocycles. The van der Waals surface area contributed by atoms with Gasteiger partial charge in [0.2, 0.25) is 0 Å². The number of rotatable bonds is 8. The molecule has 224 valence electrons. The van der Waals surface area contributed by atoms with Gasteiger partial charge >= 0.3 is 0 Å². The Morgan fingerprint density at radius 2 is 1.71 bits per heavy atom. The Morgan fingerprint density at radius 3 is 2.26 bits per heavy atom. The standard InChI is InChI=1S/C31H39Cl2N7O2/c1-30(2,3)22-10-12-31(13-11-22)37-26(21-14-23(32)16-24(33)15-21)29(42)40(31)27(18-4-5-18)19-6-8-20(9-7-19)28(41)36-17-25(34)38-39-35/h6-9,14-16,18,22,27,39H,4-5,10-13,17,35H2,1-3H3,(H2,34,38)(H,36,41). The van der Waals surface area contributed by atoms with Gasteiger partial charge in [0.05, 0.1) is 12.6 Å². The van der Waals surface area contributed by atoms with Crippen molar-refractivity contribution in [1.29, 1.82) is 0 Å². The zero-order valence-corrected chi connectivity index (χ0v) is 25.8. The van der Waals surface area contributed by atoms with Crippen LogP contribution in [0.3, 0.4) is 0 Å². The first-order valence-electron chi connectivity index (χ1n) is 14.5. The molecule has 1 spiro atoms. The molecule has 2 fully saturated rings. The maximum Gasteiger partial charge on any atom is 0.275 e. The molecule has 1 unspecified atom stereocenters. The van der Waals surface area contributed by atoms with E-state index in [-0.39, 0.29) is 35.7 Å². The van der Waals surface area contributed by atoms with Crippen molar-refractivity contribution < 1.29 is 9.59 Å². The monoisotopic (exact) mass is 611 g/mol. The van der Waals surface area contributed by atoms with Crippen LogP contribution in [0.2, 0.25) is 10.0 Å². The van der Waals surface area contributed by atoms with Gasteiger partial charge in [-0.2, -0.15) is 5.10 Å². The van der Waals surface area contributed by atoms with Crippen molar-refractivity contribution in [3.63, 3.8) is 0 Å². The number of carbonyl (C=O) groups is 2. The Kier molecular flexibility index (Phi) is 8.56. The van der Waals surface area contributed by atoms with Crippen molar-refractivity contribution in [2.75, 3.05) is 6.54 Å². The number of aliphatic imine (C=N–C) groups is 1. The lowest BCUT2D eigenvalue weighted by Crippen LogP contribution is -2.52. The summed E-state index contributed by atoms with van der Waals surface area (Å²) in [6, 6.07) is 12.5. The molecule has 9 nitrogen and oxygen atoms in total. The van der Waals surface area contributed by atoms with E-state index in [0.717, 1.165) is 44.1 Å². The molecule has 42 heavy (non-hydrogen) atoms. The van der Waals surface area contributed by atoms with Gasteiger partial charge in [0.25, 0.3) is 11.8 Å². The zero-order valence-electron chi connectivity index (χ0n) is 24.3. The molecule has 2 aliphatic carbocycles. The topological polar surface area (TPSA) is 138 Å². The molecule has 0 saturated heterocycles. The zero-order chi connectivity index (χ0) is 30.2. The number of hydrogen-bond acceptors (Lipinski definition) is 6. The largest absolute Gasteiger partial charge is 0.384 e. The summed E-state index contributed by atoms with van der Waals surface area (Å²) in [5.74, 6) is 5.80. The minimum atomic E-state index is -0.639. The average Bonchev–Trinajstić information content (AvgIpc) is 3.74. The molecule has 2 amide bonds. The van der Waals surface area contributed by atoms with Crippen LogP contribution in [0.15, 0.2) is 52.6 Å². The molecule has 11 heteroatoms. The Balaban J connectivity index is 1.48. The summed E-state index contributed by atoms with van der Waals surface area (Å²) in [7, 11) is 0. The van der Waals surface area contributed by atoms with Crippen LogP contribution in [0.1, 0.15) is 86.8 Å². The van der Waals surface area contributed by atoms with Gasteiger partial charge in [0.1, 0.15) is 17.2 Å². The molecule has 0 bridgehead atoms. The molecule has 2 aromatic carbocycles. The number of halogens is 2. The van der Waals surface area contributed by atoms with Crippen LogP contribution in [0.4, 0.5) is 0 Å². The van der Waals surface area contributed by atoms with E-state index in [1.807, 2.05) is 12.1 Å². The van der Waals surface area contributed by atoms with E-state index in [9.17, 15) is 9.59 Å². The maximum atomic E-state index is 14.4. The molecule has 1 atom stereocenters. The number of hydrogen-bond donors (Lipinski definition) is 4. The second-order valence-corrected chi connectivity index (χ2v) is 13.6. The predicted octanol–water partition coefficient (Wildman–Crippen LogP) is 5.17. The molecule has 5 rings (SSSR count). The second-order valence-electron chi connectivity index (χ2n) is 12.7. The van der Waals surface area contributed by atoms with Crippen LogP contribution in [0.5, 0.6) is 0 Å². The summed E-state index contributed by atoms with van der Waals surface area (Å²) < 4.78 is 0. The molecule has 2 saturated carbocycles. The van der Waals surface area contributed by atoms with Crippen LogP contribution in [-0.2, 0) is 4.79 Å². The van der Waals surface area contributed by atoms with Gasteiger partial charge in [-0.25, -0.2) is 11.4 Å². The van der Waals surface area contributed by atoms with Gasteiger partial charge in [-0.3, -0.25) is 14.6 Å². The van der Waals surface area contributed by atoms with Crippen molar-refractivity contribution in [2.45, 2.75) is 71.0 Å². The number of nitrogens with two attached hydrogens (primary N) is 2. The van der Waals surface area contributed by atoms with E-state index in [1.165, 1.54) is 0 Å². The van der Waals surface area contributed by atoms with Crippen molar-refractivity contribution in [1.82, 2.24) is 15.8 Å². The summed E-state index contributed by atoms with van der Waals surface area (Å²) in [6.45, 7) is 6.92. The SMILES string of the molecule is CC(C)(C)C1CCC2(CC1)N=C(c1cc(Cl)cc(Cl)c1)C(=O)N2C(c1ccc(C(=O)NC/C(N)=N/NN)cc1)C1CC1. The third-order valence-electron chi connectivity index (χ3n) is 8.84. The quantitative estimate of drug-likeness (QED) is 0.141. The molecule has 0 aromatic heterocycles.